The lowest BCUT2D eigenvalue weighted by molar-refractivity contribution is -0.0197. The van der Waals surface area contributed by atoms with Crippen LogP contribution in [0, 0.1) is 5.82 Å². The van der Waals surface area contributed by atoms with Gasteiger partial charge < -0.3 is 24.4 Å². The van der Waals surface area contributed by atoms with Gasteiger partial charge in [-0.2, -0.15) is 0 Å². The van der Waals surface area contributed by atoms with Crippen molar-refractivity contribution in [3.8, 4) is 11.5 Å². The van der Waals surface area contributed by atoms with Crippen LogP contribution in [0.4, 0.5) is 10.1 Å². The Bertz CT molecular complexity index is 1510. The monoisotopic (exact) mass is 504 g/mol. The summed E-state index contributed by atoms with van der Waals surface area (Å²) < 4.78 is 28.3. The number of amides is 1. The van der Waals surface area contributed by atoms with Crippen molar-refractivity contribution in [3.05, 3.63) is 87.1 Å². The molecule has 0 aliphatic carbocycles. The second-order valence-electron chi connectivity index (χ2n) is 9.88. The van der Waals surface area contributed by atoms with Gasteiger partial charge in [0.2, 0.25) is 5.43 Å². The number of hydrogen-bond donors (Lipinski definition) is 1. The molecule has 1 fully saturated rings. The first-order valence-corrected chi connectivity index (χ1v) is 12.4. The number of pyridine rings is 1. The van der Waals surface area contributed by atoms with Crippen LogP contribution < -0.4 is 20.1 Å². The van der Waals surface area contributed by atoms with E-state index in [1.807, 2.05) is 23.2 Å². The molecule has 0 radical (unpaired) electrons. The molecule has 1 saturated heterocycles. The standard InChI is InChI=1S/C27H25FN4O5/c1-15-13-37-21-4-2-3-18-23(19-11-17(28)6-5-16(19)12-30(15)24(18)21)32-22-14-36-10-9-29(22)27(35)25-26(34)20(33)7-8-31(25)32/h2-8,11,15,22-23,34H,9-10,12-14H2,1H3. The number of aromatic hydroxyl groups is 1. The third kappa shape index (κ3) is 3.11. The van der Waals surface area contributed by atoms with E-state index in [0.29, 0.717) is 26.3 Å². The molecule has 7 rings (SSSR count). The molecule has 1 N–H and O–H groups in total. The fraction of sp³-hybridized carbons (Fsp3) is 0.333. The van der Waals surface area contributed by atoms with Crippen LogP contribution in [0.1, 0.15) is 40.1 Å². The SMILES string of the molecule is CC1COc2cccc3c2N1Cc1ccc(F)cc1C3N1C2COCCN2C(=O)c2c(O)c(=O)ccn21. The third-order valence-corrected chi connectivity index (χ3v) is 7.81. The number of carbonyl (C=O) groups is 1. The minimum Gasteiger partial charge on any atom is -0.502 e. The maximum atomic E-state index is 14.9. The number of morpholine rings is 1. The summed E-state index contributed by atoms with van der Waals surface area (Å²) in [6.07, 6.45) is 0.943. The van der Waals surface area contributed by atoms with Crippen LogP contribution in [-0.2, 0) is 11.3 Å². The lowest BCUT2D eigenvalue weighted by Gasteiger charge is -2.51. The molecule has 0 bridgehead atoms. The number of fused-ring (bicyclic) bond motifs is 3. The van der Waals surface area contributed by atoms with Crippen LogP contribution in [0.2, 0.25) is 0 Å². The molecule has 5 heterocycles. The minimum absolute atomic E-state index is 0.0785. The summed E-state index contributed by atoms with van der Waals surface area (Å²) >= 11 is 0. The molecule has 1 aromatic heterocycles. The lowest BCUT2D eigenvalue weighted by Crippen LogP contribution is -2.66. The van der Waals surface area contributed by atoms with Gasteiger partial charge in [0.1, 0.15) is 30.4 Å². The number of hydrogen-bond acceptors (Lipinski definition) is 7. The molecule has 4 aliphatic heterocycles. The highest BCUT2D eigenvalue weighted by molar-refractivity contribution is 5.96. The molecule has 3 unspecified atom stereocenters. The number of benzene rings is 2. The zero-order valence-corrected chi connectivity index (χ0v) is 20.1. The second kappa shape index (κ2) is 7.97. The van der Waals surface area contributed by atoms with Gasteiger partial charge in [-0.05, 0) is 36.2 Å². The Morgan fingerprint density at radius 2 is 1.92 bits per heavy atom. The van der Waals surface area contributed by atoms with Gasteiger partial charge in [0, 0.05) is 30.9 Å². The number of nitrogens with zero attached hydrogens (tertiary/aromatic N) is 4. The fourth-order valence-electron chi connectivity index (χ4n) is 6.07. The Morgan fingerprint density at radius 3 is 2.78 bits per heavy atom. The normalized spacial score (nSPS) is 23.9. The number of anilines is 1. The molecule has 4 aliphatic rings. The summed E-state index contributed by atoms with van der Waals surface area (Å²) in [5, 5.41) is 12.7. The van der Waals surface area contributed by atoms with Crippen molar-refractivity contribution in [1.29, 1.82) is 0 Å². The summed E-state index contributed by atoms with van der Waals surface area (Å²) in [7, 11) is 0. The van der Waals surface area contributed by atoms with Crippen LogP contribution in [0.15, 0.2) is 53.5 Å². The van der Waals surface area contributed by atoms with E-state index in [0.717, 1.165) is 28.1 Å². The Labute approximate surface area is 211 Å². The lowest BCUT2D eigenvalue weighted by atomic mass is 9.93. The van der Waals surface area contributed by atoms with Crippen molar-refractivity contribution in [3.63, 3.8) is 0 Å². The van der Waals surface area contributed by atoms with Gasteiger partial charge in [-0.25, -0.2) is 4.39 Å². The smallest absolute Gasteiger partial charge is 0.278 e. The highest BCUT2D eigenvalue weighted by Gasteiger charge is 2.47. The molecular weight excluding hydrogens is 479 g/mol. The number of rotatable bonds is 1. The molecule has 0 spiro atoms. The second-order valence-corrected chi connectivity index (χ2v) is 9.88. The van der Waals surface area contributed by atoms with Gasteiger partial charge >= 0.3 is 0 Å². The van der Waals surface area contributed by atoms with E-state index in [4.69, 9.17) is 9.47 Å². The Balaban J connectivity index is 1.55. The molecule has 10 heteroatoms. The van der Waals surface area contributed by atoms with Gasteiger partial charge in [0.25, 0.3) is 5.91 Å². The number of ether oxygens (including phenoxy) is 2. The highest BCUT2D eigenvalue weighted by atomic mass is 19.1. The Hall–Kier alpha value is -4.05. The van der Waals surface area contributed by atoms with E-state index >= 15 is 0 Å². The van der Waals surface area contributed by atoms with Crippen molar-refractivity contribution < 1.29 is 23.8 Å². The number of para-hydroxylation sites is 1. The molecule has 37 heavy (non-hydrogen) atoms. The van der Waals surface area contributed by atoms with Crippen LogP contribution >= 0.6 is 0 Å². The van der Waals surface area contributed by atoms with E-state index in [2.05, 4.69) is 11.8 Å². The first-order chi connectivity index (χ1) is 17.9. The average molecular weight is 505 g/mol. The van der Waals surface area contributed by atoms with E-state index in [1.165, 1.54) is 29.1 Å². The number of carbonyl (C=O) groups excluding carboxylic acids is 1. The van der Waals surface area contributed by atoms with E-state index < -0.39 is 29.3 Å². The van der Waals surface area contributed by atoms with Gasteiger partial charge in [0.15, 0.2) is 11.4 Å². The van der Waals surface area contributed by atoms with E-state index in [-0.39, 0.29) is 24.2 Å². The molecule has 9 nitrogen and oxygen atoms in total. The van der Waals surface area contributed by atoms with Gasteiger partial charge in [-0.1, -0.05) is 18.2 Å². The van der Waals surface area contributed by atoms with Crippen LogP contribution in [0.25, 0.3) is 0 Å². The maximum Gasteiger partial charge on any atom is 0.278 e. The number of halogens is 1. The van der Waals surface area contributed by atoms with Gasteiger partial charge in [-0.15, -0.1) is 0 Å². The highest BCUT2D eigenvalue weighted by Crippen LogP contribution is 2.48. The topological polar surface area (TPSA) is 87.5 Å². The Morgan fingerprint density at radius 1 is 1.05 bits per heavy atom. The molecule has 1 amide bonds. The van der Waals surface area contributed by atoms with Crippen molar-refractivity contribution in [1.82, 2.24) is 9.58 Å². The molecule has 0 saturated carbocycles. The summed E-state index contributed by atoms with van der Waals surface area (Å²) in [4.78, 5) is 29.8. The van der Waals surface area contributed by atoms with Crippen LogP contribution in [0.5, 0.6) is 11.5 Å². The molecule has 2 aromatic carbocycles. The zero-order valence-electron chi connectivity index (χ0n) is 20.1. The zero-order chi connectivity index (χ0) is 25.4. The summed E-state index contributed by atoms with van der Waals surface area (Å²) in [6.45, 7) is 4.02. The van der Waals surface area contributed by atoms with Crippen molar-refractivity contribution in [2.45, 2.75) is 31.7 Å². The third-order valence-electron chi connectivity index (χ3n) is 7.81. The van der Waals surface area contributed by atoms with Crippen molar-refractivity contribution in [2.75, 3.05) is 36.3 Å². The predicted molar refractivity (Wildman–Crippen MR) is 132 cm³/mol. The average Bonchev–Trinajstić information content (AvgIpc) is 3.04. The summed E-state index contributed by atoms with van der Waals surface area (Å²) in [5.74, 6) is -0.686. The summed E-state index contributed by atoms with van der Waals surface area (Å²) in [5.41, 5.74) is 2.71. The fourth-order valence-corrected chi connectivity index (χ4v) is 6.07. The van der Waals surface area contributed by atoms with Gasteiger partial charge in [-0.3, -0.25) is 19.3 Å². The largest absolute Gasteiger partial charge is 0.502 e. The van der Waals surface area contributed by atoms with Crippen molar-refractivity contribution >= 4 is 11.6 Å². The maximum absolute atomic E-state index is 14.9. The van der Waals surface area contributed by atoms with Gasteiger partial charge in [0.05, 0.1) is 24.9 Å². The van der Waals surface area contributed by atoms with E-state index in [1.54, 1.807) is 11.0 Å². The number of aromatic nitrogens is 1. The minimum atomic E-state index is -0.635. The van der Waals surface area contributed by atoms with Crippen LogP contribution in [0.3, 0.4) is 0 Å². The molecule has 3 atom stereocenters. The quantitative estimate of drug-likeness (QED) is 0.544. The van der Waals surface area contributed by atoms with E-state index in [9.17, 15) is 19.1 Å². The predicted octanol–water partition coefficient (Wildman–Crippen LogP) is 2.33. The first kappa shape index (κ1) is 22.2. The Kier molecular flexibility index (Phi) is 4.78. The first-order valence-electron chi connectivity index (χ1n) is 12.4. The van der Waals surface area contributed by atoms with Crippen molar-refractivity contribution in [2.24, 2.45) is 0 Å². The van der Waals surface area contributed by atoms with Crippen LogP contribution in [-0.4, -0.2) is 59.2 Å². The molecule has 3 aromatic rings. The molecule has 190 valence electrons. The summed E-state index contributed by atoms with van der Waals surface area (Å²) in [6, 6.07) is 11.4. The molecular formula is C27H25FN4O5.